The summed E-state index contributed by atoms with van der Waals surface area (Å²) in [7, 11) is 0. The molecule has 1 aromatic heterocycles. The van der Waals surface area contributed by atoms with E-state index >= 15 is 0 Å². The minimum Gasteiger partial charge on any atom is -0.357 e. The van der Waals surface area contributed by atoms with Gasteiger partial charge in [-0.1, -0.05) is 24.3 Å². The molecule has 0 fully saturated rings. The number of nitrogens with one attached hydrogen (secondary N) is 3. The molecule has 0 atom stereocenters. The van der Waals surface area contributed by atoms with E-state index < -0.39 is 0 Å². The molecule has 0 aliphatic carbocycles. The zero-order valence-corrected chi connectivity index (χ0v) is 14.0. The molecule has 0 saturated carbocycles. The molecule has 0 aliphatic heterocycles. The normalized spacial score (nSPS) is 10.4. The molecule has 0 unspecified atom stereocenters. The van der Waals surface area contributed by atoms with Crippen molar-refractivity contribution in [3.63, 3.8) is 0 Å². The number of carbonyl (C=O) groups is 1. The van der Waals surface area contributed by atoms with Gasteiger partial charge in [0.15, 0.2) is 5.11 Å². The first-order valence-electron chi connectivity index (χ1n) is 7.59. The molecule has 1 heterocycles. The van der Waals surface area contributed by atoms with Gasteiger partial charge in [-0.15, -0.1) is 0 Å². The molecule has 1 amide bonds. The Morgan fingerprint density at radius 3 is 2.68 bits per heavy atom. The second-order valence-corrected chi connectivity index (χ2v) is 5.75. The number of thiocarbonyl (C=S) groups is 1. The molecule has 0 bridgehead atoms. The third kappa shape index (κ3) is 4.51. The minimum absolute atomic E-state index is 0.119. The van der Waals surface area contributed by atoms with Crippen LogP contribution in [0, 0.1) is 5.82 Å². The predicted molar refractivity (Wildman–Crippen MR) is 96.8 cm³/mol. The Hall–Kier alpha value is -3.00. The largest absolute Gasteiger partial charge is 0.357 e. The van der Waals surface area contributed by atoms with E-state index in [1.54, 1.807) is 23.0 Å². The number of carbonyl (C=O) groups excluding carboxylic acids is 1. The molecule has 25 heavy (non-hydrogen) atoms. The maximum atomic E-state index is 12.8. The summed E-state index contributed by atoms with van der Waals surface area (Å²) in [5, 5.41) is 3.20. The lowest BCUT2D eigenvalue weighted by Gasteiger charge is -2.12. The highest BCUT2D eigenvalue weighted by molar-refractivity contribution is 7.80. The molecule has 0 saturated heterocycles. The smallest absolute Gasteiger partial charge is 0.258 e. The molecule has 8 heteroatoms. The van der Waals surface area contributed by atoms with Crippen molar-refractivity contribution >= 4 is 34.3 Å². The Bertz CT molecular complexity index is 893. The van der Waals surface area contributed by atoms with Crippen LogP contribution >= 0.6 is 12.2 Å². The third-order valence-electron chi connectivity index (χ3n) is 3.52. The van der Waals surface area contributed by atoms with Crippen LogP contribution < -0.4 is 16.2 Å². The van der Waals surface area contributed by atoms with Crippen molar-refractivity contribution in [3.05, 3.63) is 66.2 Å². The summed E-state index contributed by atoms with van der Waals surface area (Å²) < 4.78 is 14.6. The van der Waals surface area contributed by atoms with Crippen molar-refractivity contribution in [1.82, 2.24) is 25.7 Å². The lowest BCUT2D eigenvalue weighted by Crippen LogP contribution is -2.47. The maximum Gasteiger partial charge on any atom is 0.258 e. The summed E-state index contributed by atoms with van der Waals surface area (Å²) in [5.41, 5.74) is 7.76. The summed E-state index contributed by atoms with van der Waals surface area (Å²) in [4.78, 5) is 16.3. The molecular weight excluding hydrogens is 341 g/mol. The van der Waals surface area contributed by atoms with Gasteiger partial charge in [0, 0.05) is 6.54 Å². The first-order valence-corrected chi connectivity index (χ1v) is 7.99. The second kappa shape index (κ2) is 7.71. The van der Waals surface area contributed by atoms with Gasteiger partial charge in [0.25, 0.3) is 5.91 Å². The van der Waals surface area contributed by atoms with Gasteiger partial charge in [-0.3, -0.25) is 15.6 Å². The lowest BCUT2D eigenvalue weighted by atomic mass is 10.2. The number of benzene rings is 2. The number of halogens is 1. The number of nitrogens with zero attached hydrogens (tertiary/aromatic N) is 2. The van der Waals surface area contributed by atoms with Crippen molar-refractivity contribution in [1.29, 1.82) is 0 Å². The molecule has 3 N–H and O–H groups in total. The van der Waals surface area contributed by atoms with Gasteiger partial charge >= 0.3 is 0 Å². The fourth-order valence-electron chi connectivity index (χ4n) is 2.29. The van der Waals surface area contributed by atoms with Crippen LogP contribution in [0.4, 0.5) is 4.39 Å². The lowest BCUT2D eigenvalue weighted by molar-refractivity contribution is -0.122. The first-order chi connectivity index (χ1) is 12.1. The van der Waals surface area contributed by atoms with E-state index in [1.165, 1.54) is 12.1 Å². The molecule has 0 spiro atoms. The highest BCUT2D eigenvalue weighted by atomic mass is 32.1. The number of amides is 1. The summed E-state index contributed by atoms with van der Waals surface area (Å²) in [5.74, 6) is -0.544. The first kappa shape index (κ1) is 16.8. The molecular formula is C17H16FN5OS. The summed E-state index contributed by atoms with van der Waals surface area (Å²) in [6, 6.07) is 13.7. The fraction of sp³-hybridized carbons (Fsp3) is 0.118. The number of fused-ring (bicyclic) bond motifs is 1. The summed E-state index contributed by atoms with van der Waals surface area (Å²) in [6.45, 7) is 0.544. The molecule has 128 valence electrons. The van der Waals surface area contributed by atoms with Crippen LogP contribution in [0.15, 0.2) is 54.9 Å². The number of rotatable bonds is 4. The van der Waals surface area contributed by atoms with E-state index in [-0.39, 0.29) is 23.4 Å². The second-order valence-electron chi connectivity index (χ2n) is 5.34. The Morgan fingerprint density at radius 1 is 1.12 bits per heavy atom. The van der Waals surface area contributed by atoms with Gasteiger partial charge < -0.3 is 9.88 Å². The standard InChI is InChI=1S/C17H16FN5OS/c18-13-7-5-12(6-8-13)9-19-17(25)22-21-16(24)10-23-11-20-14-3-1-2-4-15(14)23/h1-8,11H,9-10H2,(H,21,24)(H2,19,22,25). The SMILES string of the molecule is O=C(Cn1cnc2ccccc21)NNC(=S)NCc1ccc(F)cc1. The van der Waals surface area contributed by atoms with E-state index in [9.17, 15) is 9.18 Å². The van der Waals surface area contributed by atoms with E-state index in [0.717, 1.165) is 16.6 Å². The van der Waals surface area contributed by atoms with Crippen molar-refractivity contribution in [2.45, 2.75) is 13.1 Å². The van der Waals surface area contributed by atoms with Gasteiger partial charge in [0.05, 0.1) is 17.4 Å². The molecule has 3 rings (SSSR count). The minimum atomic E-state index is -0.288. The highest BCUT2D eigenvalue weighted by Crippen LogP contribution is 2.11. The van der Waals surface area contributed by atoms with Crippen LogP contribution in [-0.2, 0) is 17.9 Å². The molecule has 0 radical (unpaired) electrons. The highest BCUT2D eigenvalue weighted by Gasteiger charge is 2.07. The van der Waals surface area contributed by atoms with Gasteiger partial charge in [0.1, 0.15) is 12.4 Å². The molecule has 6 nitrogen and oxygen atoms in total. The number of imidazole rings is 1. The van der Waals surface area contributed by atoms with Crippen LogP contribution in [-0.4, -0.2) is 20.6 Å². The van der Waals surface area contributed by atoms with Crippen molar-refractivity contribution in [2.24, 2.45) is 0 Å². The van der Waals surface area contributed by atoms with E-state index in [4.69, 9.17) is 12.2 Å². The van der Waals surface area contributed by atoms with Crippen molar-refractivity contribution < 1.29 is 9.18 Å². The zero-order valence-electron chi connectivity index (χ0n) is 13.2. The van der Waals surface area contributed by atoms with E-state index in [2.05, 4.69) is 21.2 Å². The van der Waals surface area contributed by atoms with Gasteiger partial charge in [0.2, 0.25) is 0 Å². The molecule has 3 aromatic rings. The van der Waals surface area contributed by atoms with Gasteiger partial charge in [-0.2, -0.15) is 0 Å². The van der Waals surface area contributed by atoms with Crippen LogP contribution in [0.2, 0.25) is 0 Å². The Balaban J connectivity index is 1.45. The van der Waals surface area contributed by atoms with Crippen molar-refractivity contribution in [3.8, 4) is 0 Å². The fourth-order valence-corrected chi connectivity index (χ4v) is 2.41. The number of hydrazine groups is 1. The van der Waals surface area contributed by atoms with E-state index in [0.29, 0.717) is 6.54 Å². The van der Waals surface area contributed by atoms with Gasteiger partial charge in [-0.25, -0.2) is 9.37 Å². The molecule has 2 aromatic carbocycles. The van der Waals surface area contributed by atoms with E-state index in [1.807, 2.05) is 24.3 Å². The Labute approximate surface area is 149 Å². The monoisotopic (exact) mass is 357 g/mol. The maximum absolute atomic E-state index is 12.8. The quantitative estimate of drug-likeness (QED) is 0.491. The summed E-state index contributed by atoms with van der Waals surface area (Å²) >= 11 is 5.09. The average Bonchev–Trinajstić information content (AvgIpc) is 3.02. The topological polar surface area (TPSA) is 71.0 Å². The predicted octanol–water partition coefficient (Wildman–Crippen LogP) is 1.87. The number of aromatic nitrogens is 2. The number of para-hydroxylation sites is 2. The van der Waals surface area contributed by atoms with Crippen LogP contribution in [0.1, 0.15) is 5.56 Å². The average molecular weight is 357 g/mol. The third-order valence-corrected chi connectivity index (χ3v) is 3.77. The molecule has 0 aliphatic rings. The number of hydrogen-bond donors (Lipinski definition) is 3. The zero-order chi connectivity index (χ0) is 17.6. The Kier molecular flexibility index (Phi) is 5.20. The van der Waals surface area contributed by atoms with Crippen LogP contribution in [0.5, 0.6) is 0 Å². The Morgan fingerprint density at radius 2 is 1.88 bits per heavy atom. The van der Waals surface area contributed by atoms with Crippen molar-refractivity contribution in [2.75, 3.05) is 0 Å². The summed E-state index contributed by atoms with van der Waals surface area (Å²) in [6.07, 6.45) is 1.62. The van der Waals surface area contributed by atoms with Crippen LogP contribution in [0.25, 0.3) is 11.0 Å². The van der Waals surface area contributed by atoms with Gasteiger partial charge in [-0.05, 0) is 42.0 Å². The number of hydrogen-bond acceptors (Lipinski definition) is 3. The van der Waals surface area contributed by atoms with Crippen LogP contribution in [0.3, 0.4) is 0 Å².